The molecule has 82 valence electrons. The molecule has 0 radical (unpaired) electrons. The number of pyridine rings is 1. The number of nitrogens with zero attached hydrogens (tertiary/aromatic N) is 1. The van der Waals surface area contributed by atoms with Gasteiger partial charge in [-0.15, -0.1) is 0 Å². The number of hydrogen-bond donors (Lipinski definition) is 0. The molecule has 1 aromatic heterocycles. The summed E-state index contributed by atoms with van der Waals surface area (Å²) in [6.45, 7) is 0.589. The van der Waals surface area contributed by atoms with Gasteiger partial charge in [0.1, 0.15) is 12.4 Å². The zero-order valence-electron chi connectivity index (χ0n) is 8.77. The van der Waals surface area contributed by atoms with Gasteiger partial charge >= 0.3 is 0 Å². The van der Waals surface area contributed by atoms with Crippen LogP contribution in [0.3, 0.4) is 0 Å². The van der Waals surface area contributed by atoms with E-state index in [0.29, 0.717) is 6.61 Å². The molecule has 2 nitrogen and oxygen atoms in total. The number of alkyl halides is 1. The van der Waals surface area contributed by atoms with Crippen LogP contribution >= 0.6 is 22.6 Å². The summed E-state index contributed by atoms with van der Waals surface area (Å²) in [6, 6.07) is 14.1. The average molecular weight is 325 g/mol. The van der Waals surface area contributed by atoms with Gasteiger partial charge in [0, 0.05) is 4.43 Å². The molecule has 0 aliphatic carbocycles. The molecule has 16 heavy (non-hydrogen) atoms. The van der Waals surface area contributed by atoms with Crippen LogP contribution in [0.15, 0.2) is 48.7 Å². The molecule has 0 spiro atoms. The molecule has 3 heteroatoms. The zero-order valence-corrected chi connectivity index (χ0v) is 10.9. The van der Waals surface area contributed by atoms with E-state index in [2.05, 4.69) is 27.6 Å². The van der Waals surface area contributed by atoms with Gasteiger partial charge < -0.3 is 4.74 Å². The normalized spacial score (nSPS) is 10.1. The molecule has 0 aliphatic heterocycles. The Bertz CT molecular complexity index is 427. The molecule has 0 N–H and O–H groups in total. The van der Waals surface area contributed by atoms with Gasteiger partial charge in [-0.05, 0) is 17.7 Å². The van der Waals surface area contributed by atoms with Crippen LogP contribution < -0.4 is 4.74 Å². The Morgan fingerprint density at radius 3 is 2.50 bits per heavy atom. The fourth-order valence-electron chi connectivity index (χ4n) is 1.32. The van der Waals surface area contributed by atoms with Gasteiger partial charge in [-0.25, -0.2) is 0 Å². The lowest BCUT2D eigenvalue weighted by molar-refractivity contribution is 0.305. The smallest absolute Gasteiger partial charge is 0.138 e. The van der Waals surface area contributed by atoms with Gasteiger partial charge in [0.05, 0.1) is 11.9 Å². The summed E-state index contributed by atoms with van der Waals surface area (Å²) in [5.41, 5.74) is 2.24. The van der Waals surface area contributed by atoms with Crippen LogP contribution in [0, 0.1) is 0 Å². The van der Waals surface area contributed by atoms with Crippen molar-refractivity contribution in [2.24, 2.45) is 0 Å². The van der Waals surface area contributed by atoms with E-state index in [9.17, 15) is 0 Å². The van der Waals surface area contributed by atoms with E-state index in [0.717, 1.165) is 15.9 Å². The number of halogens is 1. The summed E-state index contributed by atoms with van der Waals surface area (Å²) >= 11 is 2.29. The number of rotatable bonds is 4. The molecule has 0 saturated carbocycles. The minimum Gasteiger partial charge on any atom is -0.487 e. The zero-order chi connectivity index (χ0) is 11.2. The Hall–Kier alpha value is -1.10. The van der Waals surface area contributed by atoms with Gasteiger partial charge in [0.25, 0.3) is 0 Å². The fourth-order valence-corrected chi connectivity index (χ4v) is 1.77. The Morgan fingerprint density at radius 2 is 1.88 bits per heavy atom. The Morgan fingerprint density at radius 1 is 1.06 bits per heavy atom. The predicted molar refractivity (Wildman–Crippen MR) is 72.7 cm³/mol. The summed E-state index contributed by atoms with van der Waals surface area (Å²) < 4.78 is 6.55. The highest BCUT2D eigenvalue weighted by Crippen LogP contribution is 2.13. The third-order valence-corrected chi connectivity index (χ3v) is 2.96. The fraction of sp³-hybridized carbons (Fsp3) is 0.154. The van der Waals surface area contributed by atoms with Crippen molar-refractivity contribution in [3.05, 3.63) is 59.9 Å². The van der Waals surface area contributed by atoms with Crippen molar-refractivity contribution in [3.63, 3.8) is 0 Å². The lowest BCUT2D eigenvalue weighted by atomic mass is 10.2. The van der Waals surface area contributed by atoms with Crippen molar-refractivity contribution >= 4 is 22.6 Å². The molecule has 0 amide bonds. The maximum absolute atomic E-state index is 5.63. The lowest BCUT2D eigenvalue weighted by Gasteiger charge is -2.05. The summed E-state index contributed by atoms with van der Waals surface area (Å²) in [5, 5.41) is 0. The average Bonchev–Trinajstić information content (AvgIpc) is 2.38. The second-order valence-corrected chi connectivity index (χ2v) is 4.16. The molecule has 0 saturated heterocycles. The van der Waals surface area contributed by atoms with E-state index < -0.39 is 0 Å². The predicted octanol–water partition coefficient (Wildman–Crippen LogP) is 3.60. The van der Waals surface area contributed by atoms with E-state index in [4.69, 9.17) is 4.74 Å². The molecule has 0 aliphatic rings. The summed E-state index contributed by atoms with van der Waals surface area (Å²) in [5.74, 6) is 0.817. The van der Waals surface area contributed by atoms with E-state index >= 15 is 0 Å². The second kappa shape index (κ2) is 5.84. The number of aromatic nitrogens is 1. The maximum Gasteiger partial charge on any atom is 0.138 e. The van der Waals surface area contributed by atoms with Gasteiger partial charge in [0.2, 0.25) is 0 Å². The third-order valence-electron chi connectivity index (χ3n) is 2.18. The Balaban J connectivity index is 1.94. The van der Waals surface area contributed by atoms with E-state index in [-0.39, 0.29) is 0 Å². The van der Waals surface area contributed by atoms with Gasteiger partial charge in [-0.1, -0.05) is 52.9 Å². The molecular weight excluding hydrogens is 313 g/mol. The van der Waals surface area contributed by atoms with Crippen LogP contribution in [0.4, 0.5) is 0 Å². The Kier molecular flexibility index (Phi) is 4.16. The molecular formula is C13H12INO. The van der Waals surface area contributed by atoms with Crippen molar-refractivity contribution in [1.82, 2.24) is 4.98 Å². The van der Waals surface area contributed by atoms with Crippen molar-refractivity contribution in [3.8, 4) is 5.75 Å². The van der Waals surface area contributed by atoms with E-state index in [1.807, 2.05) is 42.5 Å². The number of benzene rings is 1. The molecule has 0 atom stereocenters. The molecule has 0 fully saturated rings. The highest BCUT2D eigenvalue weighted by atomic mass is 127. The number of ether oxygens (including phenoxy) is 1. The van der Waals surface area contributed by atoms with Crippen LogP contribution in [0.1, 0.15) is 11.3 Å². The molecule has 2 rings (SSSR count). The highest BCUT2D eigenvalue weighted by molar-refractivity contribution is 14.1. The lowest BCUT2D eigenvalue weighted by Crippen LogP contribution is -1.95. The van der Waals surface area contributed by atoms with Crippen molar-refractivity contribution < 1.29 is 4.74 Å². The molecule has 0 bridgehead atoms. The molecule has 1 heterocycles. The van der Waals surface area contributed by atoms with Crippen LogP contribution in [0.25, 0.3) is 0 Å². The van der Waals surface area contributed by atoms with Crippen LogP contribution in [-0.2, 0) is 11.0 Å². The molecule has 1 aromatic carbocycles. The van der Waals surface area contributed by atoms with Gasteiger partial charge in [0.15, 0.2) is 0 Å². The largest absolute Gasteiger partial charge is 0.487 e. The second-order valence-electron chi connectivity index (χ2n) is 3.39. The van der Waals surface area contributed by atoms with E-state index in [1.54, 1.807) is 6.20 Å². The standard InChI is InChI=1S/C13H12INO/c14-8-12-6-7-13(9-15-12)16-10-11-4-2-1-3-5-11/h1-7,9H,8,10H2. The van der Waals surface area contributed by atoms with Gasteiger partial charge in [-0.2, -0.15) is 0 Å². The van der Waals surface area contributed by atoms with Crippen molar-refractivity contribution in [2.45, 2.75) is 11.0 Å². The molecule has 2 aromatic rings. The first-order chi connectivity index (χ1) is 7.88. The quantitative estimate of drug-likeness (QED) is 0.633. The molecule has 0 unspecified atom stereocenters. The summed E-state index contributed by atoms with van der Waals surface area (Å²) in [7, 11) is 0. The first-order valence-corrected chi connectivity index (χ1v) is 6.58. The van der Waals surface area contributed by atoms with E-state index in [1.165, 1.54) is 5.56 Å². The first-order valence-electron chi connectivity index (χ1n) is 5.06. The number of hydrogen-bond acceptors (Lipinski definition) is 2. The monoisotopic (exact) mass is 325 g/mol. The SMILES string of the molecule is ICc1ccc(OCc2ccccc2)cn1. The van der Waals surface area contributed by atoms with Crippen LogP contribution in [-0.4, -0.2) is 4.98 Å². The summed E-state index contributed by atoms with van der Waals surface area (Å²) in [4.78, 5) is 4.28. The van der Waals surface area contributed by atoms with Crippen molar-refractivity contribution in [2.75, 3.05) is 0 Å². The van der Waals surface area contributed by atoms with Crippen LogP contribution in [0.2, 0.25) is 0 Å². The minimum absolute atomic E-state index is 0.589. The van der Waals surface area contributed by atoms with Crippen LogP contribution in [0.5, 0.6) is 5.75 Å². The van der Waals surface area contributed by atoms with Crippen molar-refractivity contribution in [1.29, 1.82) is 0 Å². The third kappa shape index (κ3) is 3.20. The maximum atomic E-state index is 5.63. The summed E-state index contributed by atoms with van der Waals surface area (Å²) in [6.07, 6.45) is 1.77. The highest BCUT2D eigenvalue weighted by Gasteiger charge is 1.96. The minimum atomic E-state index is 0.589. The first kappa shape index (κ1) is 11.4. The van der Waals surface area contributed by atoms with Gasteiger partial charge in [-0.3, -0.25) is 4.98 Å². The topological polar surface area (TPSA) is 22.1 Å². The Labute approximate surface area is 109 Å².